The zero-order chi connectivity index (χ0) is 13.3. The van der Waals surface area contributed by atoms with Gasteiger partial charge in [0.15, 0.2) is 0 Å². The minimum atomic E-state index is 0.370. The van der Waals surface area contributed by atoms with E-state index in [0.29, 0.717) is 32.2 Å². The highest BCUT2D eigenvalue weighted by Crippen LogP contribution is 2.36. The molecule has 3 nitrogen and oxygen atoms in total. The van der Waals surface area contributed by atoms with Crippen LogP contribution in [-0.4, -0.2) is 12.1 Å². The molecule has 6 heteroatoms. The molecule has 0 aliphatic rings. The van der Waals surface area contributed by atoms with Gasteiger partial charge in [0.05, 0.1) is 27.9 Å². The predicted molar refractivity (Wildman–Crippen MR) is 75.7 cm³/mol. The monoisotopic (exact) mass is 302 g/mol. The molecule has 94 valence electrons. The first-order valence-electron chi connectivity index (χ1n) is 4.97. The van der Waals surface area contributed by atoms with E-state index < -0.39 is 0 Å². The summed E-state index contributed by atoms with van der Waals surface area (Å²) in [6, 6.07) is 4.98. The Morgan fingerprint density at radius 3 is 2.33 bits per heavy atom. The Balaban J connectivity index is 2.55. The molecule has 1 aromatic heterocycles. The Kier molecular flexibility index (Phi) is 3.85. The molecule has 0 aliphatic heterocycles. The summed E-state index contributed by atoms with van der Waals surface area (Å²) < 4.78 is 4.99. The van der Waals surface area contributed by atoms with Gasteiger partial charge in [-0.05, 0) is 18.2 Å². The van der Waals surface area contributed by atoms with E-state index in [0.717, 1.165) is 5.56 Å². The number of aromatic nitrogens is 1. The average molecular weight is 304 g/mol. The van der Waals surface area contributed by atoms with E-state index in [9.17, 15) is 0 Å². The number of halogens is 3. The van der Waals surface area contributed by atoms with Gasteiger partial charge in [-0.3, -0.25) is 0 Å². The van der Waals surface area contributed by atoms with Gasteiger partial charge < -0.3 is 10.5 Å². The van der Waals surface area contributed by atoms with Crippen molar-refractivity contribution in [1.29, 1.82) is 0 Å². The lowest BCUT2D eigenvalue weighted by atomic mass is 10.1. The zero-order valence-corrected chi connectivity index (χ0v) is 11.6. The van der Waals surface area contributed by atoms with E-state index in [4.69, 9.17) is 45.3 Å². The number of rotatable bonds is 2. The number of anilines is 1. The van der Waals surface area contributed by atoms with Crippen LogP contribution in [0, 0.1) is 0 Å². The number of ether oxygens (including phenoxy) is 1. The molecule has 1 heterocycles. The zero-order valence-electron chi connectivity index (χ0n) is 9.38. The Labute approximate surface area is 119 Å². The maximum Gasteiger partial charge on any atom is 0.236 e. The van der Waals surface area contributed by atoms with E-state index in [1.807, 2.05) is 0 Å². The van der Waals surface area contributed by atoms with Gasteiger partial charge in [0, 0.05) is 17.3 Å². The Hall–Kier alpha value is -1.16. The van der Waals surface area contributed by atoms with E-state index in [1.54, 1.807) is 24.4 Å². The first kappa shape index (κ1) is 13.3. The average Bonchev–Trinajstić information content (AvgIpc) is 2.33. The molecule has 2 N–H and O–H groups in total. The highest BCUT2D eigenvalue weighted by molar-refractivity contribution is 6.44. The molecule has 0 unspecified atom stereocenters. The van der Waals surface area contributed by atoms with Gasteiger partial charge in [0.1, 0.15) is 0 Å². The third-order valence-electron chi connectivity index (χ3n) is 2.39. The fraction of sp³-hybridized carbons (Fsp3) is 0.0833. The van der Waals surface area contributed by atoms with Crippen molar-refractivity contribution >= 4 is 40.5 Å². The Morgan fingerprint density at radius 2 is 1.72 bits per heavy atom. The highest BCUT2D eigenvalue weighted by atomic mass is 35.5. The van der Waals surface area contributed by atoms with Crippen molar-refractivity contribution in [3.63, 3.8) is 0 Å². The molecule has 1 aromatic carbocycles. The molecular formula is C12H9Cl3N2O. The van der Waals surface area contributed by atoms with Crippen LogP contribution in [0.5, 0.6) is 5.88 Å². The summed E-state index contributed by atoms with van der Waals surface area (Å²) in [6.07, 6.45) is 1.61. The van der Waals surface area contributed by atoms with Gasteiger partial charge in [-0.15, -0.1) is 0 Å². The van der Waals surface area contributed by atoms with Crippen molar-refractivity contribution in [3.05, 3.63) is 39.5 Å². The van der Waals surface area contributed by atoms with Crippen LogP contribution in [0.15, 0.2) is 24.4 Å². The molecule has 2 rings (SSSR count). The Bertz CT molecular complexity index is 602. The molecule has 0 amide bonds. The molecule has 0 bridgehead atoms. The van der Waals surface area contributed by atoms with Crippen LogP contribution in [0.3, 0.4) is 0 Å². The van der Waals surface area contributed by atoms with Crippen molar-refractivity contribution in [2.75, 3.05) is 12.8 Å². The quantitative estimate of drug-likeness (QED) is 0.841. The summed E-state index contributed by atoms with van der Waals surface area (Å²) >= 11 is 18.0. The smallest absolute Gasteiger partial charge is 0.236 e. The maximum atomic E-state index is 6.12. The lowest BCUT2D eigenvalue weighted by molar-refractivity contribution is 0.400. The number of nitrogen functional groups attached to an aromatic ring is 1. The predicted octanol–water partition coefficient (Wildman–Crippen LogP) is 4.30. The number of hydrogen-bond acceptors (Lipinski definition) is 3. The van der Waals surface area contributed by atoms with Gasteiger partial charge in [0.2, 0.25) is 5.88 Å². The molecule has 0 radical (unpaired) electrons. The van der Waals surface area contributed by atoms with Crippen molar-refractivity contribution in [1.82, 2.24) is 4.98 Å². The third kappa shape index (κ3) is 2.48. The molecule has 2 aromatic rings. The second-order valence-corrected chi connectivity index (χ2v) is 4.79. The van der Waals surface area contributed by atoms with Crippen molar-refractivity contribution < 1.29 is 4.74 Å². The maximum absolute atomic E-state index is 6.12. The number of nitrogens with zero attached hydrogens (tertiary/aromatic N) is 1. The second kappa shape index (κ2) is 5.22. The van der Waals surface area contributed by atoms with Crippen LogP contribution in [0.25, 0.3) is 11.1 Å². The number of pyridine rings is 1. The molecule has 0 saturated heterocycles. The van der Waals surface area contributed by atoms with E-state index >= 15 is 0 Å². The van der Waals surface area contributed by atoms with Crippen LogP contribution < -0.4 is 10.5 Å². The molecule has 0 spiro atoms. The fourth-order valence-corrected chi connectivity index (χ4v) is 2.19. The molecular weight excluding hydrogens is 295 g/mol. The number of hydrogen-bond donors (Lipinski definition) is 1. The van der Waals surface area contributed by atoms with Crippen LogP contribution >= 0.6 is 34.8 Å². The van der Waals surface area contributed by atoms with E-state index in [2.05, 4.69) is 4.98 Å². The van der Waals surface area contributed by atoms with Crippen molar-refractivity contribution in [2.24, 2.45) is 0 Å². The summed E-state index contributed by atoms with van der Waals surface area (Å²) in [7, 11) is 1.50. The SMILES string of the molecule is COc1ncc(-c2cc(Cl)c(Cl)cc2Cl)cc1N. The van der Waals surface area contributed by atoms with E-state index in [-0.39, 0.29) is 0 Å². The van der Waals surface area contributed by atoms with Crippen LogP contribution in [0.4, 0.5) is 5.69 Å². The number of methoxy groups -OCH3 is 1. The molecule has 0 fully saturated rings. The number of nitrogens with two attached hydrogens (primary N) is 1. The van der Waals surface area contributed by atoms with Crippen molar-refractivity contribution in [2.45, 2.75) is 0 Å². The Morgan fingerprint density at radius 1 is 1.06 bits per heavy atom. The molecule has 0 aliphatic carbocycles. The summed E-state index contributed by atoms with van der Waals surface area (Å²) in [5.41, 5.74) is 7.69. The molecule has 18 heavy (non-hydrogen) atoms. The summed E-state index contributed by atoms with van der Waals surface area (Å²) in [4.78, 5) is 4.08. The number of benzene rings is 1. The lowest BCUT2D eigenvalue weighted by Gasteiger charge is -2.09. The topological polar surface area (TPSA) is 48.1 Å². The minimum Gasteiger partial charge on any atom is -0.480 e. The largest absolute Gasteiger partial charge is 0.480 e. The fourth-order valence-electron chi connectivity index (χ4n) is 1.53. The van der Waals surface area contributed by atoms with Crippen LogP contribution in [0.2, 0.25) is 15.1 Å². The highest BCUT2D eigenvalue weighted by Gasteiger charge is 2.10. The third-order valence-corrected chi connectivity index (χ3v) is 3.43. The van der Waals surface area contributed by atoms with Crippen molar-refractivity contribution in [3.8, 4) is 17.0 Å². The molecule has 0 atom stereocenters. The van der Waals surface area contributed by atoms with Crippen LogP contribution in [-0.2, 0) is 0 Å². The van der Waals surface area contributed by atoms with Gasteiger partial charge >= 0.3 is 0 Å². The van der Waals surface area contributed by atoms with Gasteiger partial charge in [-0.1, -0.05) is 34.8 Å². The first-order chi connectivity index (χ1) is 8.52. The summed E-state index contributed by atoms with van der Waals surface area (Å²) in [5, 5.41) is 1.31. The second-order valence-electron chi connectivity index (χ2n) is 3.57. The van der Waals surface area contributed by atoms with Gasteiger partial charge in [-0.25, -0.2) is 4.98 Å². The van der Waals surface area contributed by atoms with Crippen LogP contribution in [0.1, 0.15) is 0 Å². The standard InChI is InChI=1S/C12H9Cl3N2O/c1-18-12-11(16)2-6(5-17-12)7-3-9(14)10(15)4-8(7)13/h2-5H,16H2,1H3. The van der Waals surface area contributed by atoms with E-state index in [1.165, 1.54) is 7.11 Å². The first-order valence-corrected chi connectivity index (χ1v) is 6.10. The normalized spacial score (nSPS) is 10.4. The minimum absolute atomic E-state index is 0.370. The summed E-state index contributed by atoms with van der Waals surface area (Å²) in [6.45, 7) is 0. The van der Waals surface area contributed by atoms with Gasteiger partial charge in [0.25, 0.3) is 0 Å². The lowest BCUT2D eigenvalue weighted by Crippen LogP contribution is -1.95. The summed E-state index contributed by atoms with van der Waals surface area (Å²) in [5.74, 6) is 0.370. The molecule has 0 saturated carbocycles. The van der Waals surface area contributed by atoms with Gasteiger partial charge in [-0.2, -0.15) is 0 Å².